The average Bonchev–Trinajstić information content (AvgIpc) is 3.10. The molecule has 0 aliphatic carbocycles. The molecule has 3 rings (SSSR count). The molecule has 4 nitrogen and oxygen atoms in total. The van der Waals surface area contributed by atoms with Gasteiger partial charge in [0.05, 0.1) is 35.6 Å². The topological polar surface area (TPSA) is 39.1 Å². The van der Waals surface area contributed by atoms with Crippen molar-refractivity contribution in [2.24, 2.45) is 0 Å². The van der Waals surface area contributed by atoms with Crippen LogP contribution in [-0.4, -0.2) is 16.3 Å². The lowest BCUT2D eigenvalue weighted by atomic mass is 9.99. The van der Waals surface area contributed by atoms with Crippen LogP contribution in [0.3, 0.4) is 0 Å². The van der Waals surface area contributed by atoms with Crippen molar-refractivity contribution in [2.45, 2.75) is 39.6 Å². The molecule has 112 valence electrons. The number of ether oxygens (including phenoxy) is 1. The summed E-state index contributed by atoms with van der Waals surface area (Å²) in [6.45, 7) is 7.46. The van der Waals surface area contributed by atoms with E-state index in [0.717, 1.165) is 30.8 Å². The standard InChI is InChI=1S/C16H20BrN3O/c1-3-18-15(16-14(17)8-19-20(16)4-2)11-5-6-12-9-21-10-13(12)7-11/h5-8,15,18H,3-4,9-10H2,1-2H3. The summed E-state index contributed by atoms with van der Waals surface area (Å²) in [6, 6.07) is 6.77. The third-order valence-corrected chi connectivity index (χ3v) is 4.50. The highest BCUT2D eigenvalue weighted by atomic mass is 79.9. The van der Waals surface area contributed by atoms with Crippen LogP contribution in [0.15, 0.2) is 28.9 Å². The molecule has 0 spiro atoms. The second-order valence-electron chi connectivity index (χ2n) is 5.21. The number of benzene rings is 1. The fourth-order valence-corrected chi connectivity index (χ4v) is 3.38. The number of halogens is 1. The molecule has 0 radical (unpaired) electrons. The van der Waals surface area contributed by atoms with E-state index in [0.29, 0.717) is 0 Å². The maximum Gasteiger partial charge on any atom is 0.0759 e. The molecular formula is C16H20BrN3O. The van der Waals surface area contributed by atoms with Crippen LogP contribution in [0.1, 0.15) is 42.3 Å². The van der Waals surface area contributed by atoms with Gasteiger partial charge >= 0.3 is 0 Å². The van der Waals surface area contributed by atoms with Crippen LogP contribution >= 0.6 is 15.9 Å². The van der Waals surface area contributed by atoms with Gasteiger partial charge in [0.25, 0.3) is 0 Å². The van der Waals surface area contributed by atoms with E-state index in [2.05, 4.69) is 58.4 Å². The van der Waals surface area contributed by atoms with E-state index in [9.17, 15) is 0 Å². The van der Waals surface area contributed by atoms with Crippen molar-refractivity contribution < 1.29 is 4.74 Å². The van der Waals surface area contributed by atoms with Crippen molar-refractivity contribution in [2.75, 3.05) is 6.54 Å². The molecule has 1 N–H and O–H groups in total. The van der Waals surface area contributed by atoms with Crippen LogP contribution in [0, 0.1) is 0 Å². The molecule has 2 aromatic rings. The Bertz CT molecular complexity index is 638. The molecule has 0 saturated carbocycles. The van der Waals surface area contributed by atoms with Gasteiger partial charge < -0.3 is 10.1 Å². The van der Waals surface area contributed by atoms with E-state index in [4.69, 9.17) is 4.74 Å². The largest absolute Gasteiger partial charge is 0.372 e. The summed E-state index contributed by atoms with van der Waals surface area (Å²) in [6.07, 6.45) is 1.87. The van der Waals surface area contributed by atoms with Gasteiger partial charge in [-0.2, -0.15) is 5.10 Å². The number of nitrogens with zero attached hydrogens (tertiary/aromatic N) is 2. The van der Waals surface area contributed by atoms with Gasteiger partial charge in [0.2, 0.25) is 0 Å². The maximum absolute atomic E-state index is 5.52. The van der Waals surface area contributed by atoms with Gasteiger partial charge in [-0.1, -0.05) is 25.1 Å². The second kappa shape index (κ2) is 6.30. The van der Waals surface area contributed by atoms with Crippen LogP contribution in [0.5, 0.6) is 0 Å². The highest BCUT2D eigenvalue weighted by molar-refractivity contribution is 9.10. The predicted octanol–water partition coefficient (Wildman–Crippen LogP) is 3.39. The zero-order valence-electron chi connectivity index (χ0n) is 12.4. The molecule has 1 aliphatic heterocycles. The zero-order chi connectivity index (χ0) is 14.8. The van der Waals surface area contributed by atoms with Crippen LogP contribution in [-0.2, 0) is 24.5 Å². The van der Waals surface area contributed by atoms with Gasteiger partial charge in [0.15, 0.2) is 0 Å². The lowest BCUT2D eigenvalue weighted by Crippen LogP contribution is -2.25. The van der Waals surface area contributed by atoms with Gasteiger partial charge in [0, 0.05) is 6.54 Å². The monoisotopic (exact) mass is 349 g/mol. The maximum atomic E-state index is 5.52. The molecule has 0 bridgehead atoms. The van der Waals surface area contributed by atoms with Crippen molar-refractivity contribution in [1.29, 1.82) is 0 Å². The lowest BCUT2D eigenvalue weighted by molar-refractivity contribution is 0.134. The summed E-state index contributed by atoms with van der Waals surface area (Å²) in [5.74, 6) is 0. The van der Waals surface area contributed by atoms with Gasteiger partial charge in [0.1, 0.15) is 0 Å². The Labute approximate surface area is 133 Å². The molecule has 1 atom stereocenters. The third-order valence-electron chi connectivity index (χ3n) is 3.89. The minimum Gasteiger partial charge on any atom is -0.372 e. The fraction of sp³-hybridized carbons (Fsp3) is 0.438. The molecule has 5 heteroatoms. The number of aromatic nitrogens is 2. The summed E-state index contributed by atoms with van der Waals surface area (Å²) in [5.41, 5.74) is 5.04. The molecule has 1 aromatic heterocycles. The molecule has 21 heavy (non-hydrogen) atoms. The minimum atomic E-state index is 0.137. The van der Waals surface area contributed by atoms with Crippen LogP contribution in [0.2, 0.25) is 0 Å². The summed E-state index contributed by atoms with van der Waals surface area (Å²) >= 11 is 3.64. The number of nitrogens with one attached hydrogen (secondary N) is 1. The molecule has 1 aromatic carbocycles. The van der Waals surface area contributed by atoms with E-state index in [1.165, 1.54) is 22.4 Å². The van der Waals surface area contributed by atoms with Gasteiger partial charge in [-0.15, -0.1) is 0 Å². The number of hydrogen-bond acceptors (Lipinski definition) is 3. The van der Waals surface area contributed by atoms with Crippen molar-refractivity contribution in [1.82, 2.24) is 15.1 Å². The van der Waals surface area contributed by atoms with E-state index >= 15 is 0 Å². The Morgan fingerprint density at radius 1 is 1.33 bits per heavy atom. The Balaban J connectivity index is 2.03. The van der Waals surface area contributed by atoms with E-state index < -0.39 is 0 Å². The minimum absolute atomic E-state index is 0.137. The average molecular weight is 350 g/mol. The highest BCUT2D eigenvalue weighted by Crippen LogP contribution is 2.31. The van der Waals surface area contributed by atoms with E-state index in [-0.39, 0.29) is 6.04 Å². The first kappa shape index (κ1) is 14.8. The fourth-order valence-electron chi connectivity index (χ4n) is 2.86. The van der Waals surface area contributed by atoms with E-state index in [1.54, 1.807) is 0 Å². The molecule has 0 fully saturated rings. The van der Waals surface area contributed by atoms with Crippen LogP contribution < -0.4 is 5.32 Å². The summed E-state index contributed by atoms with van der Waals surface area (Å²) in [4.78, 5) is 0. The van der Waals surface area contributed by atoms with Gasteiger partial charge in [-0.05, 0) is 46.1 Å². The van der Waals surface area contributed by atoms with Crippen molar-refractivity contribution in [3.05, 3.63) is 51.3 Å². The van der Waals surface area contributed by atoms with Gasteiger partial charge in [-0.3, -0.25) is 4.68 Å². The molecule has 1 aliphatic rings. The van der Waals surface area contributed by atoms with Gasteiger partial charge in [-0.25, -0.2) is 0 Å². The van der Waals surface area contributed by atoms with Crippen molar-refractivity contribution in [3.63, 3.8) is 0 Å². The zero-order valence-corrected chi connectivity index (χ0v) is 14.0. The van der Waals surface area contributed by atoms with Crippen LogP contribution in [0.4, 0.5) is 0 Å². The molecule has 0 saturated heterocycles. The Morgan fingerprint density at radius 2 is 2.14 bits per heavy atom. The Kier molecular flexibility index (Phi) is 4.42. The smallest absolute Gasteiger partial charge is 0.0759 e. The molecule has 2 heterocycles. The number of aryl methyl sites for hydroxylation is 1. The second-order valence-corrected chi connectivity index (χ2v) is 6.06. The van der Waals surface area contributed by atoms with Crippen LogP contribution in [0.25, 0.3) is 0 Å². The first-order valence-corrected chi connectivity index (χ1v) is 8.17. The number of rotatable bonds is 5. The summed E-state index contributed by atoms with van der Waals surface area (Å²) in [7, 11) is 0. The normalized spacial score (nSPS) is 15.2. The SMILES string of the molecule is CCNC(c1ccc2c(c1)COC2)c1c(Br)cnn1CC. The quantitative estimate of drug-likeness (QED) is 0.898. The van der Waals surface area contributed by atoms with E-state index in [1.807, 2.05) is 10.9 Å². The molecule has 1 unspecified atom stereocenters. The predicted molar refractivity (Wildman–Crippen MR) is 86.1 cm³/mol. The highest BCUT2D eigenvalue weighted by Gasteiger charge is 2.22. The molecular weight excluding hydrogens is 330 g/mol. The van der Waals surface area contributed by atoms with Crippen molar-refractivity contribution >= 4 is 15.9 Å². The molecule has 0 amide bonds. The first-order valence-electron chi connectivity index (χ1n) is 7.38. The summed E-state index contributed by atoms with van der Waals surface area (Å²) < 4.78 is 8.61. The number of hydrogen-bond donors (Lipinski definition) is 1. The first-order chi connectivity index (χ1) is 10.2. The lowest BCUT2D eigenvalue weighted by Gasteiger charge is -2.21. The van der Waals surface area contributed by atoms with Crippen molar-refractivity contribution in [3.8, 4) is 0 Å². The third kappa shape index (κ3) is 2.78. The Hall–Kier alpha value is -1.17. The number of fused-ring (bicyclic) bond motifs is 1. The Morgan fingerprint density at radius 3 is 2.90 bits per heavy atom. The summed E-state index contributed by atoms with van der Waals surface area (Å²) in [5, 5.41) is 8.02.